The van der Waals surface area contributed by atoms with Gasteiger partial charge in [0.15, 0.2) is 14.1 Å². The molecule has 7 heteroatoms. The first-order valence-corrected chi connectivity index (χ1v) is 13.7. The molecule has 1 unspecified atom stereocenters. The highest BCUT2D eigenvalue weighted by Crippen LogP contribution is 2.35. The van der Waals surface area contributed by atoms with E-state index in [-0.39, 0.29) is 22.5 Å². The number of hydrogen-bond donors (Lipinski definition) is 0. The summed E-state index contributed by atoms with van der Waals surface area (Å²) in [4.78, 5) is 11.3. The fourth-order valence-electron chi connectivity index (χ4n) is 3.23. The van der Waals surface area contributed by atoms with Crippen LogP contribution in [0.25, 0.3) is 0 Å². The van der Waals surface area contributed by atoms with Crippen molar-refractivity contribution >= 4 is 36.6 Å². The lowest BCUT2D eigenvalue weighted by molar-refractivity contribution is -0.386. The topological polar surface area (TPSA) is 61.6 Å². The van der Waals surface area contributed by atoms with E-state index in [4.69, 9.17) is 9.16 Å². The molecule has 0 saturated heterocycles. The lowest BCUT2D eigenvalue weighted by Crippen LogP contribution is -2.37. The van der Waals surface area contributed by atoms with E-state index >= 15 is 0 Å². The highest BCUT2D eigenvalue weighted by atomic mass is 127. The van der Waals surface area contributed by atoms with Crippen LogP contribution in [-0.4, -0.2) is 17.7 Å². The molecule has 0 bridgehead atoms. The van der Waals surface area contributed by atoms with Gasteiger partial charge >= 0.3 is 5.69 Å². The monoisotopic (exact) mass is 513 g/mol. The van der Waals surface area contributed by atoms with Gasteiger partial charge in [-0.2, -0.15) is 0 Å². The van der Waals surface area contributed by atoms with Crippen molar-refractivity contribution in [3.63, 3.8) is 0 Å². The van der Waals surface area contributed by atoms with Gasteiger partial charge in [-0.15, -0.1) is 0 Å². The zero-order chi connectivity index (χ0) is 20.6. The van der Waals surface area contributed by atoms with Crippen LogP contribution in [0.5, 0.6) is 5.75 Å². The van der Waals surface area contributed by atoms with E-state index in [1.165, 1.54) is 0 Å². The molecular formula is C21H28INO4Si. The summed E-state index contributed by atoms with van der Waals surface area (Å²) >= 11 is 2.30. The van der Waals surface area contributed by atoms with E-state index < -0.39 is 8.32 Å². The Morgan fingerprint density at radius 3 is 2.25 bits per heavy atom. The molecule has 0 heterocycles. The Morgan fingerprint density at radius 2 is 1.71 bits per heavy atom. The molecule has 0 aliphatic rings. The molecule has 0 amide bonds. The predicted octanol–water partition coefficient (Wildman–Crippen LogP) is 6.67. The molecule has 28 heavy (non-hydrogen) atoms. The zero-order valence-electron chi connectivity index (χ0n) is 16.7. The molecule has 0 fully saturated rings. The number of benzene rings is 2. The van der Waals surface area contributed by atoms with Crippen LogP contribution >= 0.6 is 22.6 Å². The van der Waals surface area contributed by atoms with Crippen LogP contribution in [0.3, 0.4) is 0 Å². The molecular weight excluding hydrogens is 485 g/mol. The summed E-state index contributed by atoms with van der Waals surface area (Å²) in [6.07, 6.45) is -0.131. The minimum Gasteiger partial charge on any atom is -0.482 e. The van der Waals surface area contributed by atoms with E-state index in [2.05, 4.69) is 43.4 Å². The summed E-state index contributed by atoms with van der Waals surface area (Å²) in [5.41, 5.74) is 1.81. The third kappa shape index (κ3) is 5.77. The molecule has 0 N–H and O–H groups in total. The summed E-state index contributed by atoms with van der Waals surface area (Å²) < 4.78 is 13.1. The summed E-state index contributed by atoms with van der Waals surface area (Å²) in [7, 11) is -1.81. The molecule has 0 saturated carbocycles. The van der Waals surface area contributed by atoms with Gasteiger partial charge in [-0.05, 0) is 35.3 Å². The Labute approximate surface area is 181 Å². The van der Waals surface area contributed by atoms with Crippen molar-refractivity contribution in [3.8, 4) is 5.75 Å². The molecule has 2 aromatic rings. The Hall–Kier alpha value is -1.45. The van der Waals surface area contributed by atoms with Crippen molar-refractivity contribution in [3.05, 3.63) is 69.8 Å². The van der Waals surface area contributed by atoms with Crippen molar-refractivity contribution in [2.75, 3.05) is 4.43 Å². The minimum atomic E-state index is -1.81. The third-order valence-electron chi connectivity index (χ3n) is 5.25. The van der Waals surface area contributed by atoms with Gasteiger partial charge in [-0.3, -0.25) is 10.1 Å². The number of ether oxygens (including phenoxy) is 1. The van der Waals surface area contributed by atoms with Crippen molar-refractivity contribution in [1.82, 2.24) is 0 Å². The van der Waals surface area contributed by atoms with Gasteiger partial charge in [0.2, 0.25) is 0 Å². The molecule has 0 aliphatic carbocycles. The molecule has 2 aromatic carbocycles. The van der Waals surface area contributed by atoms with Crippen LogP contribution in [0.15, 0.2) is 48.5 Å². The van der Waals surface area contributed by atoms with Crippen molar-refractivity contribution in [2.45, 2.75) is 51.6 Å². The van der Waals surface area contributed by atoms with Gasteiger partial charge in [0.25, 0.3) is 0 Å². The van der Waals surface area contributed by atoms with Gasteiger partial charge in [-0.1, -0.05) is 79.8 Å². The zero-order valence-corrected chi connectivity index (χ0v) is 19.8. The fourth-order valence-corrected chi connectivity index (χ4v) is 7.08. The van der Waals surface area contributed by atoms with Crippen LogP contribution in [-0.2, 0) is 11.0 Å². The molecule has 0 aliphatic heterocycles. The molecule has 0 aromatic heterocycles. The molecule has 1 atom stereocenters. The highest BCUT2D eigenvalue weighted by Gasteiger charge is 2.33. The van der Waals surface area contributed by atoms with Gasteiger partial charge < -0.3 is 9.16 Å². The summed E-state index contributed by atoms with van der Waals surface area (Å²) in [5, 5.41) is 11.6. The van der Waals surface area contributed by atoms with Gasteiger partial charge in [0, 0.05) is 10.5 Å². The van der Waals surface area contributed by atoms with Crippen LogP contribution in [0.1, 0.15) is 38.0 Å². The molecule has 0 spiro atoms. The van der Waals surface area contributed by atoms with E-state index in [9.17, 15) is 10.1 Å². The molecule has 2 rings (SSSR count). The third-order valence-corrected chi connectivity index (χ3v) is 10.7. The average Bonchev–Trinajstić information content (AvgIpc) is 2.74. The van der Waals surface area contributed by atoms with Crippen molar-refractivity contribution in [2.24, 2.45) is 0 Å². The summed E-state index contributed by atoms with van der Waals surface area (Å²) in [6.45, 7) is 6.86. The predicted molar refractivity (Wildman–Crippen MR) is 124 cm³/mol. The maximum Gasteiger partial charge on any atom is 0.311 e. The Balaban J connectivity index is 2.25. The summed E-state index contributed by atoms with van der Waals surface area (Å²) in [5.74, 6) is 0.287. The molecule has 0 radical (unpaired) electrons. The number of nitro groups is 1. The second-order valence-corrected chi connectivity index (χ2v) is 12.4. The van der Waals surface area contributed by atoms with E-state index in [0.29, 0.717) is 6.61 Å². The van der Waals surface area contributed by atoms with Crippen LogP contribution in [0.2, 0.25) is 18.1 Å². The van der Waals surface area contributed by atoms with Crippen LogP contribution in [0.4, 0.5) is 5.69 Å². The number of alkyl halides is 1. The number of nitro benzene ring substituents is 1. The first-order valence-electron chi connectivity index (χ1n) is 9.67. The maximum absolute atomic E-state index is 11.6. The van der Waals surface area contributed by atoms with E-state index in [1.807, 2.05) is 36.4 Å². The van der Waals surface area contributed by atoms with E-state index in [1.54, 1.807) is 12.1 Å². The van der Waals surface area contributed by atoms with Crippen LogP contribution in [0, 0.1) is 10.1 Å². The average molecular weight is 513 g/mol. The lowest BCUT2D eigenvalue weighted by atomic mass is 10.1. The van der Waals surface area contributed by atoms with Crippen molar-refractivity contribution < 1.29 is 14.1 Å². The second kappa shape index (κ2) is 10.9. The van der Waals surface area contributed by atoms with Gasteiger partial charge in [0.1, 0.15) is 6.61 Å². The number of hydrogen-bond acceptors (Lipinski definition) is 4. The highest BCUT2D eigenvalue weighted by molar-refractivity contribution is 14.1. The number of halogens is 1. The lowest BCUT2D eigenvalue weighted by Gasteiger charge is -2.32. The van der Waals surface area contributed by atoms with Crippen LogP contribution < -0.4 is 4.74 Å². The normalized spacial score (nSPS) is 12.6. The SMILES string of the molecule is CC[Si](CC)(CC)OC(CI)c1ccc(OCc2ccccc2)c([N+](=O)[O-])c1. The Morgan fingerprint density at radius 1 is 1.07 bits per heavy atom. The smallest absolute Gasteiger partial charge is 0.311 e. The largest absolute Gasteiger partial charge is 0.482 e. The minimum absolute atomic E-state index is 0.0105. The van der Waals surface area contributed by atoms with E-state index in [0.717, 1.165) is 33.7 Å². The molecule has 152 valence electrons. The number of rotatable bonds is 11. The second-order valence-electron chi connectivity index (χ2n) is 6.76. The maximum atomic E-state index is 11.6. The standard InChI is InChI=1S/C21H28INO4Si/c1-4-28(5-2,6-3)27-21(15-22)18-12-13-20(19(14-18)23(24)25)26-16-17-10-8-7-9-11-17/h7-14,21H,4-6,15-16H2,1-3H3. The number of nitrogens with zero attached hydrogens (tertiary/aromatic N) is 1. The summed E-state index contributed by atoms with van der Waals surface area (Å²) in [6, 6.07) is 18.0. The van der Waals surface area contributed by atoms with Gasteiger partial charge in [-0.25, -0.2) is 0 Å². The first kappa shape index (κ1) is 22.8. The molecule has 5 nitrogen and oxygen atoms in total. The Bertz CT molecular complexity index is 760. The van der Waals surface area contributed by atoms with Crippen molar-refractivity contribution in [1.29, 1.82) is 0 Å². The quantitative estimate of drug-likeness (QED) is 0.111. The van der Waals surface area contributed by atoms with Gasteiger partial charge in [0.05, 0.1) is 11.0 Å². The Kier molecular flexibility index (Phi) is 8.90. The fraction of sp³-hybridized carbons (Fsp3) is 0.429. The first-order chi connectivity index (χ1) is 13.5.